The van der Waals surface area contributed by atoms with E-state index in [1.807, 2.05) is 31.2 Å². The zero-order valence-electron chi connectivity index (χ0n) is 10.6. The Bertz CT molecular complexity index is 357. The number of carbonyl (C=O) groups is 1. The first-order valence-electron chi connectivity index (χ1n) is 5.96. The van der Waals surface area contributed by atoms with E-state index in [-0.39, 0.29) is 11.9 Å². The van der Waals surface area contributed by atoms with Crippen molar-refractivity contribution in [3.8, 4) is 0 Å². The highest BCUT2D eigenvalue weighted by Crippen LogP contribution is 2.26. The summed E-state index contributed by atoms with van der Waals surface area (Å²) in [7, 11) is 0. The topological polar surface area (TPSA) is 26.3 Å². The maximum Gasteiger partial charge on any atom is 0.313 e. The summed E-state index contributed by atoms with van der Waals surface area (Å²) in [5, 5.41) is 0.681. The molecule has 0 heterocycles. The van der Waals surface area contributed by atoms with Crippen LogP contribution in [-0.2, 0) is 9.53 Å². The lowest BCUT2D eigenvalue weighted by atomic mass is 9.90. The van der Waals surface area contributed by atoms with Crippen LogP contribution in [0.4, 0.5) is 0 Å². The van der Waals surface area contributed by atoms with E-state index in [1.54, 1.807) is 0 Å². The number of hydrogen-bond donors (Lipinski definition) is 0. The first-order chi connectivity index (χ1) is 8.04. The summed E-state index contributed by atoms with van der Waals surface area (Å²) in [6, 6.07) is 7.41. The van der Waals surface area contributed by atoms with Crippen molar-refractivity contribution in [1.29, 1.82) is 0 Å². The van der Waals surface area contributed by atoms with E-state index in [2.05, 4.69) is 13.8 Å². The van der Waals surface area contributed by atoms with Crippen molar-refractivity contribution >= 4 is 17.6 Å². The van der Waals surface area contributed by atoms with Crippen molar-refractivity contribution in [3.05, 3.63) is 34.9 Å². The molecule has 17 heavy (non-hydrogen) atoms. The molecule has 0 saturated carbocycles. The van der Waals surface area contributed by atoms with E-state index in [4.69, 9.17) is 16.3 Å². The van der Waals surface area contributed by atoms with Crippen LogP contribution >= 0.6 is 11.6 Å². The molecule has 0 spiro atoms. The third-order valence-electron chi connectivity index (χ3n) is 2.55. The number of rotatable bonds is 5. The maximum absolute atomic E-state index is 11.9. The van der Waals surface area contributed by atoms with Crippen molar-refractivity contribution in [2.75, 3.05) is 6.61 Å². The second-order valence-electron chi connectivity index (χ2n) is 4.49. The molecule has 0 aromatic heterocycles. The van der Waals surface area contributed by atoms with Gasteiger partial charge in [-0.15, -0.1) is 0 Å². The Hall–Kier alpha value is -1.02. The fraction of sp³-hybridized carbons (Fsp3) is 0.500. The number of carbonyl (C=O) groups excluding carboxylic acids is 1. The van der Waals surface area contributed by atoms with Gasteiger partial charge in [0.25, 0.3) is 0 Å². The van der Waals surface area contributed by atoms with E-state index in [1.165, 1.54) is 0 Å². The Morgan fingerprint density at radius 3 is 2.35 bits per heavy atom. The summed E-state index contributed by atoms with van der Waals surface area (Å²) in [5.74, 6) is 0.107. The van der Waals surface area contributed by atoms with Crippen LogP contribution in [0.25, 0.3) is 0 Å². The summed E-state index contributed by atoms with van der Waals surface area (Å²) >= 11 is 5.85. The minimum Gasteiger partial charge on any atom is -0.466 e. The Labute approximate surface area is 108 Å². The Balaban J connectivity index is 2.89. The minimum absolute atomic E-state index is 0.150. The molecule has 0 aliphatic heterocycles. The van der Waals surface area contributed by atoms with Gasteiger partial charge in [-0.2, -0.15) is 0 Å². The summed E-state index contributed by atoms with van der Waals surface area (Å²) in [4.78, 5) is 11.9. The van der Waals surface area contributed by atoms with Gasteiger partial charge >= 0.3 is 5.97 Å². The van der Waals surface area contributed by atoms with Gasteiger partial charge in [-0.3, -0.25) is 4.79 Å². The molecule has 0 fully saturated rings. The van der Waals surface area contributed by atoms with Crippen LogP contribution in [0, 0.1) is 5.92 Å². The monoisotopic (exact) mass is 254 g/mol. The molecule has 3 heteroatoms. The van der Waals surface area contributed by atoms with Gasteiger partial charge < -0.3 is 4.74 Å². The van der Waals surface area contributed by atoms with Gasteiger partial charge in [-0.1, -0.05) is 37.6 Å². The van der Waals surface area contributed by atoms with Gasteiger partial charge in [0.1, 0.15) is 0 Å². The second-order valence-corrected chi connectivity index (χ2v) is 4.92. The lowest BCUT2D eigenvalue weighted by Gasteiger charge is -2.17. The lowest BCUT2D eigenvalue weighted by molar-refractivity contribution is -0.145. The number of ether oxygens (including phenoxy) is 1. The van der Waals surface area contributed by atoms with Crippen LogP contribution in [0.5, 0.6) is 0 Å². The van der Waals surface area contributed by atoms with Gasteiger partial charge in [0.15, 0.2) is 0 Å². The molecule has 0 unspecified atom stereocenters. The summed E-state index contributed by atoms with van der Waals surface area (Å²) in [5.41, 5.74) is 0.974. The first-order valence-corrected chi connectivity index (χ1v) is 6.34. The Morgan fingerprint density at radius 2 is 1.88 bits per heavy atom. The van der Waals surface area contributed by atoms with Crippen LogP contribution in [0.15, 0.2) is 24.3 Å². The fourth-order valence-electron chi connectivity index (χ4n) is 1.78. The molecular weight excluding hydrogens is 236 g/mol. The van der Waals surface area contributed by atoms with E-state index in [0.717, 1.165) is 12.0 Å². The first kappa shape index (κ1) is 14.0. The van der Waals surface area contributed by atoms with Crippen LogP contribution in [-0.4, -0.2) is 12.6 Å². The molecular formula is C14H19ClO2. The van der Waals surface area contributed by atoms with Gasteiger partial charge in [0.05, 0.1) is 12.5 Å². The number of hydrogen-bond acceptors (Lipinski definition) is 2. The zero-order valence-corrected chi connectivity index (χ0v) is 11.3. The molecule has 2 nitrogen and oxygen atoms in total. The van der Waals surface area contributed by atoms with Gasteiger partial charge in [0.2, 0.25) is 0 Å². The minimum atomic E-state index is -0.188. The molecule has 0 N–H and O–H groups in total. The van der Waals surface area contributed by atoms with E-state index >= 15 is 0 Å². The highest BCUT2D eigenvalue weighted by Gasteiger charge is 2.22. The van der Waals surface area contributed by atoms with Crippen LogP contribution in [0.3, 0.4) is 0 Å². The van der Waals surface area contributed by atoms with Crippen molar-refractivity contribution in [2.45, 2.75) is 33.1 Å². The van der Waals surface area contributed by atoms with Crippen molar-refractivity contribution < 1.29 is 9.53 Å². The predicted molar refractivity (Wildman–Crippen MR) is 70.3 cm³/mol. The Kier molecular flexibility index (Phi) is 5.49. The van der Waals surface area contributed by atoms with Gasteiger partial charge in [0, 0.05) is 5.02 Å². The van der Waals surface area contributed by atoms with Crippen molar-refractivity contribution in [3.63, 3.8) is 0 Å². The van der Waals surface area contributed by atoms with Crippen molar-refractivity contribution in [1.82, 2.24) is 0 Å². The summed E-state index contributed by atoms with van der Waals surface area (Å²) < 4.78 is 5.12. The third-order valence-corrected chi connectivity index (χ3v) is 2.80. The van der Waals surface area contributed by atoms with Crippen LogP contribution in [0.1, 0.15) is 38.7 Å². The van der Waals surface area contributed by atoms with Gasteiger partial charge in [-0.25, -0.2) is 0 Å². The quantitative estimate of drug-likeness (QED) is 0.742. The normalized spacial score (nSPS) is 12.5. The number of benzene rings is 1. The van der Waals surface area contributed by atoms with E-state index < -0.39 is 0 Å². The molecule has 1 atom stereocenters. The maximum atomic E-state index is 11.9. The summed E-state index contributed by atoms with van der Waals surface area (Å²) in [6.45, 7) is 6.44. The Morgan fingerprint density at radius 1 is 1.29 bits per heavy atom. The number of esters is 1. The lowest BCUT2D eigenvalue weighted by Crippen LogP contribution is -2.17. The van der Waals surface area contributed by atoms with Crippen molar-refractivity contribution in [2.24, 2.45) is 5.92 Å². The molecule has 0 amide bonds. The van der Waals surface area contributed by atoms with Crippen LogP contribution < -0.4 is 0 Å². The molecule has 1 aromatic carbocycles. The van der Waals surface area contributed by atoms with Crippen LogP contribution in [0.2, 0.25) is 5.02 Å². The molecule has 1 aromatic rings. The molecule has 0 radical (unpaired) electrons. The smallest absolute Gasteiger partial charge is 0.313 e. The second kappa shape index (κ2) is 6.65. The van der Waals surface area contributed by atoms with E-state index in [9.17, 15) is 4.79 Å². The highest BCUT2D eigenvalue weighted by atomic mass is 35.5. The average molecular weight is 255 g/mol. The largest absolute Gasteiger partial charge is 0.466 e. The molecule has 1 rings (SSSR count). The predicted octanol–water partition coefficient (Wildman–Crippen LogP) is 4.03. The zero-order chi connectivity index (χ0) is 12.8. The SMILES string of the molecule is CCOC(=O)[C@H](CC(C)C)c1ccc(Cl)cc1. The van der Waals surface area contributed by atoms with E-state index in [0.29, 0.717) is 17.5 Å². The summed E-state index contributed by atoms with van der Waals surface area (Å²) in [6.07, 6.45) is 0.792. The number of halogens is 1. The third kappa shape index (κ3) is 4.39. The molecule has 94 valence electrons. The molecule has 0 aliphatic rings. The highest BCUT2D eigenvalue weighted by molar-refractivity contribution is 6.30. The van der Waals surface area contributed by atoms with Gasteiger partial charge in [-0.05, 0) is 37.0 Å². The molecule has 0 aliphatic carbocycles. The standard InChI is InChI=1S/C14H19ClO2/c1-4-17-14(16)13(9-10(2)3)11-5-7-12(15)8-6-11/h5-8,10,13H,4,9H2,1-3H3/t13-/m1/s1. The molecule has 0 saturated heterocycles. The fourth-order valence-corrected chi connectivity index (χ4v) is 1.90. The molecule has 0 bridgehead atoms. The average Bonchev–Trinajstić information content (AvgIpc) is 2.27.